The molecule has 0 aliphatic heterocycles. The summed E-state index contributed by atoms with van der Waals surface area (Å²) in [4.78, 5) is 15.3. The lowest BCUT2D eigenvalue weighted by atomic mass is 10.0. The van der Waals surface area contributed by atoms with Crippen LogP contribution in [0, 0.1) is 11.6 Å². The molecule has 3 rings (SSSR count). The number of rotatable bonds is 4. The van der Waals surface area contributed by atoms with Crippen LogP contribution < -0.4 is 5.32 Å². The molecule has 0 bridgehead atoms. The second-order valence-electron chi connectivity index (χ2n) is 5.65. The summed E-state index contributed by atoms with van der Waals surface area (Å²) in [6.45, 7) is 1.59. The molecule has 1 heterocycles. The first-order chi connectivity index (χ1) is 11.5. The van der Waals surface area contributed by atoms with Gasteiger partial charge in [0.2, 0.25) is 0 Å². The Morgan fingerprint density at radius 2 is 1.88 bits per heavy atom. The maximum atomic E-state index is 13.3. The average molecular weight is 330 g/mol. The van der Waals surface area contributed by atoms with Gasteiger partial charge in [-0.1, -0.05) is 24.3 Å². The van der Waals surface area contributed by atoms with E-state index in [2.05, 4.69) is 10.3 Å². The predicted octanol–water partition coefficient (Wildman–Crippen LogP) is 3.30. The van der Waals surface area contributed by atoms with E-state index >= 15 is 0 Å². The molecule has 0 spiro atoms. The Balaban J connectivity index is 1.74. The van der Waals surface area contributed by atoms with Crippen molar-refractivity contribution >= 4 is 16.8 Å². The monoisotopic (exact) mass is 330 g/mol. The topological polar surface area (TPSA) is 65.1 Å². The van der Waals surface area contributed by atoms with Crippen LogP contribution in [0.2, 0.25) is 0 Å². The predicted molar refractivity (Wildman–Crippen MR) is 86.5 cm³/mol. The summed E-state index contributed by atoms with van der Waals surface area (Å²) >= 11 is 0. The highest BCUT2D eigenvalue weighted by molar-refractivity contribution is 5.98. The van der Waals surface area contributed by atoms with Crippen LogP contribution in [0.1, 0.15) is 29.1 Å². The van der Waals surface area contributed by atoms with Crippen LogP contribution in [-0.4, -0.2) is 22.0 Å². The molecule has 0 radical (unpaired) electrons. The highest BCUT2D eigenvalue weighted by Gasteiger charge is 2.21. The first kappa shape index (κ1) is 16.1. The number of hydrogen-bond donors (Lipinski definition) is 3. The number of aliphatic hydroxyl groups is 1. The smallest absolute Gasteiger partial charge is 0.268 e. The van der Waals surface area contributed by atoms with Crippen LogP contribution in [0.3, 0.4) is 0 Å². The lowest BCUT2D eigenvalue weighted by molar-refractivity contribution is 0.0847. The summed E-state index contributed by atoms with van der Waals surface area (Å²) in [5.74, 6) is -2.42. The second kappa shape index (κ2) is 6.41. The zero-order valence-electron chi connectivity index (χ0n) is 12.9. The van der Waals surface area contributed by atoms with Crippen molar-refractivity contribution in [3.8, 4) is 0 Å². The first-order valence-electron chi connectivity index (χ1n) is 7.47. The van der Waals surface area contributed by atoms with Crippen LogP contribution in [0.5, 0.6) is 0 Å². The van der Waals surface area contributed by atoms with Gasteiger partial charge in [-0.2, -0.15) is 0 Å². The number of amides is 1. The van der Waals surface area contributed by atoms with Gasteiger partial charge in [0.1, 0.15) is 5.69 Å². The molecule has 4 nitrogen and oxygen atoms in total. The van der Waals surface area contributed by atoms with Crippen molar-refractivity contribution in [1.82, 2.24) is 10.3 Å². The van der Waals surface area contributed by atoms with E-state index in [1.54, 1.807) is 13.0 Å². The fourth-order valence-electron chi connectivity index (χ4n) is 2.54. The third-order valence-electron chi connectivity index (χ3n) is 3.89. The molecule has 124 valence electrons. The second-order valence-corrected chi connectivity index (χ2v) is 5.65. The molecule has 1 aromatic heterocycles. The molecular formula is C18H16F2N2O2. The van der Waals surface area contributed by atoms with Crippen LogP contribution in [0.4, 0.5) is 8.78 Å². The standard InChI is InChI=1S/C18H16F2N2O2/c1-10(17(23)12-6-7-13(19)14(20)8-12)21-18(24)16-9-11-4-2-3-5-15(11)22-16/h2-10,17,22-23H,1H3,(H,21,24). The van der Waals surface area contributed by atoms with E-state index in [1.165, 1.54) is 6.07 Å². The Hall–Kier alpha value is -2.73. The maximum absolute atomic E-state index is 13.3. The van der Waals surface area contributed by atoms with Gasteiger partial charge in [-0.15, -0.1) is 0 Å². The Morgan fingerprint density at radius 1 is 1.12 bits per heavy atom. The van der Waals surface area contributed by atoms with Crippen molar-refractivity contribution in [2.45, 2.75) is 19.1 Å². The lowest BCUT2D eigenvalue weighted by Crippen LogP contribution is -2.37. The number of fused-ring (bicyclic) bond motifs is 1. The molecule has 0 aliphatic carbocycles. The number of carbonyl (C=O) groups is 1. The highest BCUT2D eigenvalue weighted by atomic mass is 19.2. The minimum atomic E-state index is -1.16. The van der Waals surface area contributed by atoms with Gasteiger partial charge in [-0.25, -0.2) is 8.78 Å². The summed E-state index contributed by atoms with van der Waals surface area (Å²) < 4.78 is 26.2. The van der Waals surface area contributed by atoms with Gasteiger partial charge in [-0.3, -0.25) is 4.79 Å². The average Bonchev–Trinajstić information content (AvgIpc) is 3.01. The Morgan fingerprint density at radius 3 is 2.58 bits per heavy atom. The van der Waals surface area contributed by atoms with Gasteiger partial charge in [0, 0.05) is 10.9 Å². The molecule has 2 aromatic carbocycles. The molecule has 0 saturated heterocycles. The number of H-pyrrole nitrogens is 1. The third-order valence-corrected chi connectivity index (χ3v) is 3.89. The van der Waals surface area contributed by atoms with E-state index in [9.17, 15) is 18.7 Å². The molecule has 24 heavy (non-hydrogen) atoms. The number of para-hydroxylation sites is 1. The largest absolute Gasteiger partial charge is 0.386 e. The van der Waals surface area contributed by atoms with Crippen molar-refractivity contribution in [1.29, 1.82) is 0 Å². The van der Waals surface area contributed by atoms with Crippen molar-refractivity contribution in [3.05, 3.63) is 71.4 Å². The Kier molecular flexibility index (Phi) is 4.31. The zero-order chi connectivity index (χ0) is 17.3. The summed E-state index contributed by atoms with van der Waals surface area (Å²) in [6, 6.07) is 11.6. The number of nitrogens with one attached hydrogen (secondary N) is 2. The fraction of sp³-hybridized carbons (Fsp3) is 0.167. The zero-order valence-corrected chi connectivity index (χ0v) is 12.9. The number of aliphatic hydroxyl groups excluding tert-OH is 1. The summed E-state index contributed by atoms with van der Waals surface area (Å²) in [7, 11) is 0. The highest BCUT2D eigenvalue weighted by Crippen LogP contribution is 2.20. The third kappa shape index (κ3) is 3.14. The minimum absolute atomic E-state index is 0.193. The van der Waals surface area contributed by atoms with E-state index in [4.69, 9.17) is 0 Å². The van der Waals surface area contributed by atoms with Crippen molar-refractivity contribution in [3.63, 3.8) is 0 Å². The molecule has 3 aromatic rings. The van der Waals surface area contributed by atoms with E-state index in [0.717, 1.165) is 23.0 Å². The normalized spacial score (nSPS) is 13.7. The lowest BCUT2D eigenvalue weighted by Gasteiger charge is -2.20. The van der Waals surface area contributed by atoms with Crippen molar-refractivity contribution < 1.29 is 18.7 Å². The molecule has 2 atom stereocenters. The van der Waals surface area contributed by atoms with E-state index in [0.29, 0.717) is 5.69 Å². The number of hydrogen-bond acceptors (Lipinski definition) is 2. The Labute approximate surface area is 137 Å². The van der Waals surface area contributed by atoms with Crippen LogP contribution in [-0.2, 0) is 0 Å². The van der Waals surface area contributed by atoms with E-state index < -0.39 is 23.8 Å². The molecular weight excluding hydrogens is 314 g/mol. The molecule has 2 unspecified atom stereocenters. The van der Waals surface area contributed by atoms with Gasteiger partial charge in [-0.05, 0) is 36.8 Å². The fourth-order valence-corrected chi connectivity index (χ4v) is 2.54. The molecule has 3 N–H and O–H groups in total. The van der Waals surface area contributed by atoms with Gasteiger partial charge in [0.05, 0.1) is 12.1 Å². The number of aromatic amines is 1. The SMILES string of the molecule is CC(NC(=O)c1cc2ccccc2[nH]1)C(O)c1ccc(F)c(F)c1. The van der Waals surface area contributed by atoms with Crippen molar-refractivity contribution in [2.75, 3.05) is 0 Å². The van der Waals surface area contributed by atoms with Gasteiger partial charge in [0.25, 0.3) is 5.91 Å². The van der Waals surface area contributed by atoms with Crippen molar-refractivity contribution in [2.24, 2.45) is 0 Å². The number of halogens is 2. The molecule has 6 heteroatoms. The summed E-state index contributed by atoms with van der Waals surface area (Å²) in [6.07, 6.45) is -1.16. The van der Waals surface area contributed by atoms with Crippen LogP contribution in [0.15, 0.2) is 48.5 Å². The molecule has 0 fully saturated rings. The number of benzene rings is 2. The Bertz CT molecular complexity index is 859. The molecule has 0 saturated carbocycles. The quantitative estimate of drug-likeness (QED) is 0.687. The van der Waals surface area contributed by atoms with E-state index in [-0.39, 0.29) is 11.5 Å². The first-order valence-corrected chi connectivity index (χ1v) is 7.47. The molecule has 1 amide bonds. The molecule has 0 aliphatic rings. The maximum Gasteiger partial charge on any atom is 0.268 e. The van der Waals surface area contributed by atoms with Gasteiger partial charge in [0.15, 0.2) is 11.6 Å². The summed E-state index contributed by atoms with van der Waals surface area (Å²) in [5, 5.41) is 13.8. The van der Waals surface area contributed by atoms with Gasteiger partial charge >= 0.3 is 0 Å². The minimum Gasteiger partial charge on any atom is -0.386 e. The van der Waals surface area contributed by atoms with Crippen LogP contribution >= 0.6 is 0 Å². The van der Waals surface area contributed by atoms with Crippen LogP contribution in [0.25, 0.3) is 10.9 Å². The van der Waals surface area contributed by atoms with E-state index in [1.807, 2.05) is 24.3 Å². The number of aromatic nitrogens is 1. The summed E-state index contributed by atoms with van der Waals surface area (Å²) in [5.41, 5.74) is 1.38. The van der Waals surface area contributed by atoms with Gasteiger partial charge < -0.3 is 15.4 Å². The number of carbonyl (C=O) groups excluding carboxylic acids is 1.